The highest BCUT2D eigenvalue weighted by atomic mass is 16.2. The topological polar surface area (TPSA) is 62.2 Å². The number of likely N-dealkylation sites (tertiary alicyclic amines) is 1. The van der Waals surface area contributed by atoms with Crippen LogP contribution < -0.4 is 4.90 Å². The van der Waals surface area contributed by atoms with Crippen molar-refractivity contribution >= 4 is 11.9 Å². The maximum Gasteiger partial charge on any atom is 0.231 e. The molecule has 2 saturated heterocycles. The van der Waals surface area contributed by atoms with E-state index in [0.29, 0.717) is 13.1 Å². The predicted molar refractivity (Wildman–Crippen MR) is 99.7 cm³/mol. The Bertz CT molecular complexity index is 806. The molecular formula is C20H25N5O. The molecule has 1 atom stereocenters. The first-order valence-corrected chi connectivity index (χ1v) is 9.31. The molecule has 0 radical (unpaired) electrons. The third kappa shape index (κ3) is 3.16. The fourth-order valence-corrected chi connectivity index (χ4v) is 4.16. The fraction of sp³-hybridized carbons (Fsp3) is 0.500. The van der Waals surface area contributed by atoms with Crippen molar-refractivity contribution in [3.63, 3.8) is 0 Å². The van der Waals surface area contributed by atoms with Gasteiger partial charge in [-0.1, -0.05) is 6.07 Å². The van der Waals surface area contributed by atoms with Crippen LogP contribution in [0.25, 0.3) is 0 Å². The summed E-state index contributed by atoms with van der Waals surface area (Å²) in [5.41, 5.74) is 2.71. The van der Waals surface area contributed by atoms with Crippen molar-refractivity contribution in [3.05, 3.63) is 47.5 Å². The van der Waals surface area contributed by atoms with Crippen LogP contribution in [0.15, 0.2) is 30.6 Å². The summed E-state index contributed by atoms with van der Waals surface area (Å²) in [6.07, 6.45) is 6.54. The van der Waals surface area contributed by atoms with Gasteiger partial charge >= 0.3 is 0 Å². The summed E-state index contributed by atoms with van der Waals surface area (Å²) in [5, 5.41) is 0. The Morgan fingerprint density at radius 3 is 2.69 bits per heavy atom. The molecule has 2 fully saturated rings. The van der Waals surface area contributed by atoms with Crippen molar-refractivity contribution in [1.82, 2.24) is 19.9 Å². The molecule has 2 aromatic heterocycles. The second-order valence-corrected chi connectivity index (χ2v) is 7.61. The van der Waals surface area contributed by atoms with Crippen LogP contribution in [0.3, 0.4) is 0 Å². The molecule has 2 aliphatic heterocycles. The normalized spacial score (nSPS) is 23.1. The van der Waals surface area contributed by atoms with Crippen LogP contribution in [0, 0.1) is 19.3 Å². The second-order valence-electron chi connectivity index (χ2n) is 7.61. The van der Waals surface area contributed by atoms with Gasteiger partial charge in [0.15, 0.2) is 0 Å². The van der Waals surface area contributed by atoms with Crippen LogP contribution in [0.1, 0.15) is 36.2 Å². The van der Waals surface area contributed by atoms with Crippen LogP contribution >= 0.6 is 0 Å². The van der Waals surface area contributed by atoms with Gasteiger partial charge in [-0.25, -0.2) is 9.97 Å². The van der Waals surface area contributed by atoms with Gasteiger partial charge in [-0.05, 0) is 50.8 Å². The van der Waals surface area contributed by atoms with Crippen LogP contribution in [0.4, 0.5) is 5.95 Å². The molecule has 0 unspecified atom stereocenters. The summed E-state index contributed by atoms with van der Waals surface area (Å²) in [7, 11) is 0. The van der Waals surface area contributed by atoms with E-state index in [4.69, 9.17) is 0 Å². The van der Waals surface area contributed by atoms with Crippen molar-refractivity contribution in [2.45, 2.75) is 39.7 Å². The summed E-state index contributed by atoms with van der Waals surface area (Å²) < 4.78 is 0. The van der Waals surface area contributed by atoms with Gasteiger partial charge in [0, 0.05) is 37.7 Å². The van der Waals surface area contributed by atoms with Crippen molar-refractivity contribution in [1.29, 1.82) is 0 Å². The molecule has 1 amide bonds. The third-order valence-electron chi connectivity index (χ3n) is 5.53. The SMILES string of the molecule is Cc1cnc(N2CCC[C@@]3(CCN(Cc4cccc(C)n4)C3=O)C2)nc1. The zero-order valence-electron chi connectivity index (χ0n) is 15.5. The van der Waals surface area contributed by atoms with E-state index < -0.39 is 0 Å². The molecule has 0 N–H and O–H groups in total. The van der Waals surface area contributed by atoms with Gasteiger partial charge in [0.05, 0.1) is 17.7 Å². The molecule has 2 aromatic rings. The average Bonchev–Trinajstić information content (AvgIpc) is 2.92. The van der Waals surface area contributed by atoms with E-state index in [2.05, 4.69) is 19.9 Å². The van der Waals surface area contributed by atoms with Gasteiger partial charge < -0.3 is 9.80 Å². The molecule has 6 heteroatoms. The molecule has 0 aromatic carbocycles. The minimum atomic E-state index is -0.295. The average molecular weight is 351 g/mol. The van der Waals surface area contributed by atoms with Crippen molar-refractivity contribution in [3.8, 4) is 0 Å². The van der Waals surface area contributed by atoms with Gasteiger partial charge in [-0.3, -0.25) is 9.78 Å². The number of piperidine rings is 1. The summed E-state index contributed by atoms with van der Waals surface area (Å²) in [6.45, 7) is 7.00. The van der Waals surface area contributed by atoms with E-state index >= 15 is 0 Å². The quantitative estimate of drug-likeness (QED) is 0.850. The summed E-state index contributed by atoms with van der Waals surface area (Å²) in [6, 6.07) is 5.99. The van der Waals surface area contributed by atoms with Gasteiger partial charge in [-0.15, -0.1) is 0 Å². The molecule has 136 valence electrons. The molecule has 0 bridgehead atoms. The van der Waals surface area contributed by atoms with Crippen molar-refractivity contribution in [2.75, 3.05) is 24.5 Å². The zero-order valence-corrected chi connectivity index (χ0v) is 15.5. The summed E-state index contributed by atoms with van der Waals surface area (Å²) >= 11 is 0. The first-order chi connectivity index (χ1) is 12.6. The first-order valence-electron chi connectivity index (χ1n) is 9.31. The molecule has 26 heavy (non-hydrogen) atoms. The Labute approximate surface area is 154 Å². The second kappa shape index (κ2) is 6.67. The number of aromatic nitrogens is 3. The Hall–Kier alpha value is -2.50. The predicted octanol–water partition coefficient (Wildman–Crippen LogP) is 2.51. The number of pyridine rings is 1. The lowest BCUT2D eigenvalue weighted by atomic mass is 9.78. The van der Waals surface area contributed by atoms with Crippen LogP contribution in [-0.2, 0) is 11.3 Å². The Morgan fingerprint density at radius 2 is 1.92 bits per heavy atom. The highest BCUT2D eigenvalue weighted by Crippen LogP contribution is 2.41. The zero-order chi connectivity index (χ0) is 18.1. The first kappa shape index (κ1) is 16.9. The van der Waals surface area contributed by atoms with E-state index in [9.17, 15) is 4.79 Å². The largest absolute Gasteiger partial charge is 0.340 e. The molecule has 1 spiro atoms. The standard InChI is InChI=1S/C20H25N5O/c1-15-11-21-19(22-12-15)25-9-4-7-20(14-25)8-10-24(18(20)26)13-17-6-3-5-16(2)23-17/h3,5-6,11-12H,4,7-10,13-14H2,1-2H3/t20-/m1/s1. The number of amides is 1. The Balaban J connectivity index is 1.49. The van der Waals surface area contributed by atoms with Crippen LogP contribution in [0.5, 0.6) is 0 Å². The van der Waals surface area contributed by atoms with Gasteiger partial charge in [0.1, 0.15) is 0 Å². The van der Waals surface area contributed by atoms with Gasteiger partial charge in [0.2, 0.25) is 11.9 Å². The molecule has 0 aliphatic carbocycles. The summed E-state index contributed by atoms with van der Waals surface area (Å²) in [4.78, 5) is 30.8. The molecule has 4 rings (SSSR count). The Kier molecular flexibility index (Phi) is 4.34. The minimum Gasteiger partial charge on any atom is -0.340 e. The lowest BCUT2D eigenvalue weighted by Gasteiger charge is -2.39. The monoisotopic (exact) mass is 351 g/mol. The Morgan fingerprint density at radius 1 is 1.12 bits per heavy atom. The molecule has 2 aliphatic rings. The van der Waals surface area contributed by atoms with E-state index in [-0.39, 0.29) is 11.3 Å². The maximum atomic E-state index is 13.2. The smallest absolute Gasteiger partial charge is 0.231 e. The number of anilines is 1. The molecule has 0 saturated carbocycles. The number of rotatable bonds is 3. The number of nitrogens with zero attached hydrogens (tertiary/aromatic N) is 5. The van der Waals surface area contributed by atoms with Gasteiger partial charge in [-0.2, -0.15) is 0 Å². The van der Waals surface area contributed by atoms with Gasteiger partial charge in [0.25, 0.3) is 0 Å². The number of hydrogen-bond donors (Lipinski definition) is 0. The number of carbonyl (C=O) groups is 1. The van der Waals surface area contributed by atoms with Crippen LogP contribution in [-0.4, -0.2) is 45.4 Å². The third-order valence-corrected chi connectivity index (χ3v) is 5.53. The summed E-state index contributed by atoms with van der Waals surface area (Å²) in [5.74, 6) is 0.999. The molecule has 6 nitrogen and oxygen atoms in total. The highest BCUT2D eigenvalue weighted by Gasteiger charge is 2.49. The van der Waals surface area contributed by atoms with E-state index in [0.717, 1.165) is 55.3 Å². The van der Waals surface area contributed by atoms with Crippen molar-refractivity contribution < 1.29 is 4.79 Å². The molecular weight excluding hydrogens is 326 g/mol. The number of aryl methyl sites for hydroxylation is 2. The number of hydrogen-bond acceptors (Lipinski definition) is 5. The number of carbonyl (C=O) groups excluding carboxylic acids is 1. The maximum absolute atomic E-state index is 13.2. The minimum absolute atomic E-state index is 0.262. The van der Waals surface area contributed by atoms with Crippen LogP contribution in [0.2, 0.25) is 0 Å². The van der Waals surface area contributed by atoms with E-state index in [1.807, 2.05) is 49.3 Å². The fourth-order valence-electron chi connectivity index (χ4n) is 4.16. The lowest BCUT2D eigenvalue weighted by Crippen LogP contribution is -2.48. The lowest BCUT2D eigenvalue weighted by molar-refractivity contribution is -0.137. The van der Waals surface area contributed by atoms with E-state index in [1.165, 1.54) is 0 Å². The van der Waals surface area contributed by atoms with Crippen molar-refractivity contribution in [2.24, 2.45) is 5.41 Å². The van der Waals surface area contributed by atoms with E-state index in [1.54, 1.807) is 0 Å². The molecule has 4 heterocycles. The highest BCUT2D eigenvalue weighted by molar-refractivity contribution is 5.85.